The van der Waals surface area contributed by atoms with E-state index in [-0.39, 0.29) is 31.0 Å². The molecule has 5 rings (SSSR count). The average Bonchev–Trinajstić information content (AvgIpc) is 3.70. The van der Waals surface area contributed by atoms with Gasteiger partial charge in [-0.15, -0.1) is 0 Å². The highest BCUT2D eigenvalue weighted by atomic mass is 16.5. The van der Waals surface area contributed by atoms with Crippen LogP contribution >= 0.6 is 0 Å². The van der Waals surface area contributed by atoms with Crippen molar-refractivity contribution >= 4 is 23.4 Å². The third-order valence-electron chi connectivity index (χ3n) is 8.83. The lowest BCUT2D eigenvalue weighted by atomic mass is 9.76. The van der Waals surface area contributed by atoms with Crippen LogP contribution in [0.3, 0.4) is 0 Å². The third kappa shape index (κ3) is 7.53. The number of rotatable bonds is 12. The van der Waals surface area contributed by atoms with Gasteiger partial charge in [0.2, 0.25) is 5.91 Å². The van der Waals surface area contributed by atoms with Crippen molar-refractivity contribution in [1.82, 2.24) is 14.7 Å². The van der Waals surface area contributed by atoms with Crippen molar-refractivity contribution in [1.29, 1.82) is 0 Å². The molecule has 1 unspecified atom stereocenters. The molecule has 0 radical (unpaired) electrons. The van der Waals surface area contributed by atoms with Gasteiger partial charge in [-0.3, -0.25) is 14.2 Å². The van der Waals surface area contributed by atoms with E-state index >= 15 is 0 Å². The Hall–Kier alpha value is -3.95. The van der Waals surface area contributed by atoms with Crippen LogP contribution < -0.4 is 16.7 Å². The zero-order valence-corrected chi connectivity index (χ0v) is 25.3. The van der Waals surface area contributed by atoms with E-state index in [9.17, 15) is 19.5 Å². The second kappa shape index (κ2) is 13.1. The molecule has 2 aliphatic carbocycles. The van der Waals surface area contributed by atoms with Crippen molar-refractivity contribution in [3.05, 3.63) is 63.5 Å². The van der Waals surface area contributed by atoms with E-state index in [2.05, 4.69) is 29.3 Å². The monoisotopic (exact) mass is 589 g/mol. The first-order valence-electron chi connectivity index (χ1n) is 15.6. The fourth-order valence-electron chi connectivity index (χ4n) is 6.63. The summed E-state index contributed by atoms with van der Waals surface area (Å²) >= 11 is 0. The summed E-state index contributed by atoms with van der Waals surface area (Å²) < 4.78 is 7.41. The molecule has 1 amide bonds. The van der Waals surface area contributed by atoms with Gasteiger partial charge in [0.1, 0.15) is 11.6 Å². The number of hydrogen-bond donors (Lipinski definition) is 3. The molecule has 0 saturated heterocycles. The first-order valence-corrected chi connectivity index (χ1v) is 15.6. The molecule has 10 heteroatoms. The Morgan fingerprint density at radius 2 is 1.84 bits per heavy atom. The Labute approximate surface area is 252 Å². The molecule has 10 nitrogen and oxygen atoms in total. The SMILES string of the molecule is Cc1ccc(NC(=O)CC(CCC(=O)O)c2noc(C3CCC(CC(C)C)CC3)c2C2CC2)c(-n2ccc(N)nc2=O)c1. The smallest absolute Gasteiger partial charge is 0.354 e. The highest BCUT2D eigenvalue weighted by molar-refractivity contribution is 5.93. The number of amides is 1. The topological polar surface area (TPSA) is 153 Å². The van der Waals surface area contributed by atoms with Gasteiger partial charge in [0.05, 0.1) is 17.1 Å². The first kappa shape index (κ1) is 30.5. The number of carbonyl (C=O) groups is 2. The molecule has 0 bridgehead atoms. The third-order valence-corrected chi connectivity index (χ3v) is 8.83. The summed E-state index contributed by atoms with van der Waals surface area (Å²) in [5, 5.41) is 17.0. The summed E-state index contributed by atoms with van der Waals surface area (Å²) in [5.74, 6) is 1.57. The molecule has 3 aromatic rings. The van der Waals surface area contributed by atoms with Crippen LogP contribution in [0, 0.1) is 18.8 Å². The van der Waals surface area contributed by atoms with E-state index < -0.39 is 17.6 Å². The van der Waals surface area contributed by atoms with Gasteiger partial charge < -0.3 is 20.7 Å². The van der Waals surface area contributed by atoms with E-state index in [1.165, 1.54) is 36.1 Å². The van der Waals surface area contributed by atoms with Crippen molar-refractivity contribution in [3.8, 4) is 5.69 Å². The van der Waals surface area contributed by atoms with Crippen molar-refractivity contribution in [2.45, 2.75) is 103 Å². The number of carbonyl (C=O) groups excluding carboxylic acids is 1. The molecule has 2 aliphatic rings. The van der Waals surface area contributed by atoms with E-state index in [0.29, 0.717) is 29.1 Å². The number of aryl methyl sites for hydroxylation is 1. The number of nitrogens with zero attached hydrogens (tertiary/aromatic N) is 3. The zero-order valence-electron chi connectivity index (χ0n) is 25.3. The van der Waals surface area contributed by atoms with Gasteiger partial charge in [-0.2, -0.15) is 4.98 Å². The Balaban J connectivity index is 1.38. The van der Waals surface area contributed by atoms with Gasteiger partial charge in [0.15, 0.2) is 0 Å². The lowest BCUT2D eigenvalue weighted by Gasteiger charge is -2.28. The lowest BCUT2D eigenvalue weighted by Crippen LogP contribution is -2.24. The molecule has 0 spiro atoms. The molecule has 2 aromatic heterocycles. The number of hydrogen-bond acceptors (Lipinski definition) is 7. The second-order valence-corrected chi connectivity index (χ2v) is 12.9. The molecule has 1 aromatic carbocycles. The minimum Gasteiger partial charge on any atom is -0.481 e. The van der Waals surface area contributed by atoms with Crippen LogP contribution in [0.25, 0.3) is 5.69 Å². The van der Waals surface area contributed by atoms with Crippen LogP contribution in [0.4, 0.5) is 11.5 Å². The van der Waals surface area contributed by atoms with Crippen LogP contribution in [0.15, 0.2) is 39.8 Å². The number of aliphatic carboxylic acids is 1. The number of carboxylic acids is 1. The van der Waals surface area contributed by atoms with Gasteiger partial charge >= 0.3 is 11.7 Å². The standard InChI is InChI=1S/C33H43N5O5/c1-19(2)16-21-5-7-23(8-6-21)32-30(22-9-10-22)31(37-43-32)24(11-13-29(40)41)18-28(39)35-25-12-4-20(3)17-26(25)38-15-14-27(34)36-33(38)42/h4,12,14-15,17,19,21-24H,5-11,13,16,18H2,1-3H3,(H,35,39)(H,40,41)(H2,34,36,42). The molecular weight excluding hydrogens is 546 g/mol. The fraction of sp³-hybridized carbons (Fsp3) is 0.545. The van der Waals surface area contributed by atoms with Gasteiger partial charge in [-0.05, 0) is 99.8 Å². The van der Waals surface area contributed by atoms with Gasteiger partial charge in [0, 0.05) is 36.4 Å². The summed E-state index contributed by atoms with van der Waals surface area (Å²) in [4.78, 5) is 41.5. The molecule has 0 aliphatic heterocycles. The maximum absolute atomic E-state index is 13.5. The maximum Gasteiger partial charge on any atom is 0.354 e. The van der Waals surface area contributed by atoms with Crippen LogP contribution in [-0.2, 0) is 9.59 Å². The number of nitrogens with two attached hydrogens (primary N) is 1. The quantitative estimate of drug-likeness (QED) is 0.223. The minimum atomic E-state index is -0.915. The summed E-state index contributed by atoms with van der Waals surface area (Å²) in [5.41, 5.74) is 8.80. The second-order valence-electron chi connectivity index (χ2n) is 12.9. The van der Waals surface area contributed by atoms with Crippen molar-refractivity contribution in [2.75, 3.05) is 11.1 Å². The number of benzene rings is 1. The Morgan fingerprint density at radius 1 is 1.12 bits per heavy atom. The highest BCUT2D eigenvalue weighted by Crippen LogP contribution is 2.50. The molecule has 1 atom stereocenters. The molecule has 2 saturated carbocycles. The number of aromatic nitrogens is 3. The molecule has 2 heterocycles. The van der Waals surface area contributed by atoms with Crippen molar-refractivity contribution in [3.63, 3.8) is 0 Å². The van der Waals surface area contributed by atoms with Crippen molar-refractivity contribution in [2.24, 2.45) is 11.8 Å². The molecule has 230 valence electrons. The molecule has 2 fully saturated rings. The molecular formula is C33H43N5O5. The van der Waals surface area contributed by atoms with Gasteiger partial charge in [0.25, 0.3) is 0 Å². The van der Waals surface area contributed by atoms with E-state index in [4.69, 9.17) is 10.3 Å². The highest BCUT2D eigenvalue weighted by Gasteiger charge is 2.39. The number of nitrogen functional groups attached to an aromatic ring is 1. The predicted octanol–water partition coefficient (Wildman–Crippen LogP) is 6.29. The Kier molecular flexibility index (Phi) is 9.32. The zero-order chi connectivity index (χ0) is 30.7. The summed E-state index contributed by atoms with van der Waals surface area (Å²) in [6.45, 7) is 6.45. The van der Waals surface area contributed by atoms with Gasteiger partial charge in [-0.1, -0.05) is 25.1 Å². The first-order chi connectivity index (χ1) is 20.6. The Bertz CT molecular complexity index is 1510. The predicted molar refractivity (Wildman–Crippen MR) is 164 cm³/mol. The summed E-state index contributed by atoms with van der Waals surface area (Å²) in [6.07, 6.45) is 9.63. The van der Waals surface area contributed by atoms with Gasteiger partial charge in [-0.25, -0.2) is 4.79 Å². The molecule has 4 N–H and O–H groups in total. The summed E-state index contributed by atoms with van der Waals surface area (Å²) in [7, 11) is 0. The normalized spacial score (nSPS) is 19.3. The van der Waals surface area contributed by atoms with Crippen molar-refractivity contribution < 1.29 is 19.2 Å². The number of nitrogens with one attached hydrogen (secondary N) is 1. The van der Waals surface area contributed by atoms with E-state index in [1.807, 2.05) is 13.0 Å². The largest absolute Gasteiger partial charge is 0.481 e. The van der Waals surface area contributed by atoms with E-state index in [1.54, 1.807) is 12.1 Å². The maximum atomic E-state index is 13.5. The van der Waals surface area contributed by atoms with Crippen LogP contribution in [0.2, 0.25) is 0 Å². The van der Waals surface area contributed by atoms with E-state index in [0.717, 1.165) is 54.2 Å². The molecule has 43 heavy (non-hydrogen) atoms. The minimum absolute atomic E-state index is 0.0440. The lowest BCUT2D eigenvalue weighted by molar-refractivity contribution is -0.137. The van der Waals surface area contributed by atoms with Crippen LogP contribution in [-0.4, -0.2) is 31.7 Å². The van der Waals surface area contributed by atoms with Crippen LogP contribution in [0.1, 0.15) is 118 Å². The van der Waals surface area contributed by atoms with Crippen LogP contribution in [0.5, 0.6) is 0 Å². The fourth-order valence-corrected chi connectivity index (χ4v) is 6.63. The number of anilines is 2. The average molecular weight is 590 g/mol. The Morgan fingerprint density at radius 3 is 2.49 bits per heavy atom. The number of carboxylic acid groups (broad SMARTS) is 1. The summed E-state index contributed by atoms with van der Waals surface area (Å²) in [6, 6.07) is 6.91.